The van der Waals surface area contributed by atoms with E-state index in [2.05, 4.69) is 15.9 Å². The van der Waals surface area contributed by atoms with E-state index in [1.165, 1.54) is 6.07 Å². The van der Waals surface area contributed by atoms with Crippen LogP contribution in [-0.4, -0.2) is 68.5 Å². The summed E-state index contributed by atoms with van der Waals surface area (Å²) in [7, 11) is 0. The Labute approximate surface area is 290 Å². The van der Waals surface area contributed by atoms with Gasteiger partial charge in [-0.25, -0.2) is 0 Å². The van der Waals surface area contributed by atoms with E-state index in [9.17, 15) is 19.2 Å². The molecule has 13 heteroatoms. The van der Waals surface area contributed by atoms with Crippen LogP contribution in [0.5, 0.6) is 11.5 Å². The quantitative estimate of drug-likeness (QED) is 0.292. The molecule has 0 aliphatic carbocycles. The van der Waals surface area contributed by atoms with Crippen molar-refractivity contribution in [1.82, 2.24) is 18.9 Å². The molecule has 0 unspecified atom stereocenters. The highest BCUT2D eigenvalue weighted by molar-refractivity contribution is 9.10. The van der Waals surface area contributed by atoms with Gasteiger partial charge in [0.05, 0.1) is 42.9 Å². The summed E-state index contributed by atoms with van der Waals surface area (Å²) in [5.74, 6) is -0.240. The minimum absolute atomic E-state index is 0.00599. The third kappa shape index (κ3) is 6.29. The zero-order chi connectivity index (χ0) is 34.2. The van der Waals surface area contributed by atoms with Crippen LogP contribution >= 0.6 is 15.9 Å². The predicted molar refractivity (Wildman–Crippen MR) is 181 cm³/mol. The van der Waals surface area contributed by atoms with E-state index in [1.807, 2.05) is 74.5 Å². The number of fused-ring (bicyclic) bond motifs is 4. The van der Waals surface area contributed by atoms with E-state index in [4.69, 9.17) is 18.9 Å². The second-order valence-corrected chi connectivity index (χ2v) is 13.2. The van der Waals surface area contributed by atoms with E-state index in [-0.39, 0.29) is 77.6 Å². The summed E-state index contributed by atoms with van der Waals surface area (Å²) in [5, 5.41) is 0. The average molecular weight is 732 g/mol. The highest BCUT2D eigenvalue weighted by Crippen LogP contribution is 2.32. The maximum Gasteiger partial charge on any atom is 0.276 e. The average Bonchev–Trinajstić information content (AvgIpc) is 3.67. The molecule has 6 heterocycles. The van der Waals surface area contributed by atoms with Crippen molar-refractivity contribution < 1.29 is 28.5 Å². The molecule has 0 spiro atoms. The highest BCUT2D eigenvalue weighted by Gasteiger charge is 2.44. The Hall–Kier alpha value is -4.72. The van der Waals surface area contributed by atoms with Crippen LogP contribution in [0.3, 0.4) is 0 Å². The fourth-order valence-electron chi connectivity index (χ4n) is 6.54. The van der Waals surface area contributed by atoms with Gasteiger partial charge in [-0.2, -0.15) is 0 Å². The zero-order valence-corrected chi connectivity index (χ0v) is 28.6. The molecule has 0 N–H and O–H groups in total. The molecular weight excluding hydrogens is 696 g/mol. The Morgan fingerprint density at radius 2 is 1.18 bits per heavy atom. The van der Waals surface area contributed by atoms with Crippen molar-refractivity contribution in [2.24, 2.45) is 0 Å². The molecule has 12 nitrogen and oxygen atoms in total. The molecule has 2 saturated heterocycles. The van der Waals surface area contributed by atoms with Crippen LogP contribution in [0.1, 0.15) is 46.0 Å². The number of nitrogens with zero attached hydrogens (tertiary/aromatic N) is 4. The Morgan fingerprint density at radius 3 is 1.73 bits per heavy atom. The first-order chi connectivity index (χ1) is 23.7. The summed E-state index contributed by atoms with van der Waals surface area (Å²) >= 11 is 3.28. The van der Waals surface area contributed by atoms with Crippen molar-refractivity contribution in [3.8, 4) is 11.5 Å². The van der Waals surface area contributed by atoms with Gasteiger partial charge < -0.3 is 37.9 Å². The Kier molecular flexibility index (Phi) is 9.14. The second kappa shape index (κ2) is 13.7. The van der Waals surface area contributed by atoms with Crippen LogP contribution in [0.25, 0.3) is 0 Å². The first-order valence-corrected chi connectivity index (χ1v) is 16.9. The van der Waals surface area contributed by atoms with Crippen molar-refractivity contribution in [3.63, 3.8) is 0 Å². The van der Waals surface area contributed by atoms with E-state index in [1.54, 1.807) is 31.3 Å². The van der Waals surface area contributed by atoms with Gasteiger partial charge in [0.25, 0.3) is 11.8 Å². The van der Waals surface area contributed by atoms with Crippen molar-refractivity contribution in [2.75, 3.05) is 13.2 Å². The number of hydrogen-bond acceptors (Lipinski definition) is 8. The lowest BCUT2D eigenvalue weighted by molar-refractivity contribution is 0.00540. The van der Waals surface area contributed by atoms with E-state index in [0.29, 0.717) is 36.5 Å². The Balaban J connectivity index is 0.000000154. The molecule has 0 radical (unpaired) electrons. The number of carbonyl (C=O) groups excluding carboxylic acids is 2. The van der Waals surface area contributed by atoms with Crippen LogP contribution in [0.4, 0.5) is 0 Å². The molecule has 2 fully saturated rings. The van der Waals surface area contributed by atoms with Gasteiger partial charge in [0.15, 0.2) is 35.3 Å². The molecule has 254 valence electrons. The number of carbonyl (C=O) groups is 2. The molecule has 8 rings (SSSR count). The summed E-state index contributed by atoms with van der Waals surface area (Å²) in [6, 6.07) is 20.5. The number of hydrogen-bond donors (Lipinski definition) is 0. The molecule has 2 aromatic heterocycles. The van der Waals surface area contributed by atoms with E-state index >= 15 is 0 Å². The van der Waals surface area contributed by atoms with Gasteiger partial charge in [-0.3, -0.25) is 19.2 Å². The topological polar surface area (TPSA) is 122 Å². The summed E-state index contributed by atoms with van der Waals surface area (Å²) in [5.41, 5.74) is 1.88. The third-order valence-corrected chi connectivity index (χ3v) is 9.55. The standard InChI is InChI=1S/C18H17BrN2O4.C18H18N2O4/c1-11-9-24-14-8-20-7-13(19)16(22)17(15(20)18(23)21(11)14)25-10-12-5-3-2-4-6-12;1-12-10-23-15-9-19-8-7-14(21)17(16(19)18(22)20(12)15)24-11-13-5-3-2-4-6-13/h2-7,11,14H,8-10H2,1H3;2-8,12,15H,9-11H2,1H3/t11-,14+;12-,15+/m00/s1. The van der Waals surface area contributed by atoms with Crippen LogP contribution in [0.2, 0.25) is 0 Å². The van der Waals surface area contributed by atoms with Crippen LogP contribution < -0.4 is 20.3 Å². The predicted octanol–water partition coefficient (Wildman–Crippen LogP) is 4.02. The smallest absolute Gasteiger partial charge is 0.276 e. The summed E-state index contributed by atoms with van der Waals surface area (Å²) in [6.07, 6.45) is 2.69. The molecule has 0 saturated carbocycles. The molecule has 4 aliphatic heterocycles. The number of halogens is 1. The minimum atomic E-state index is -0.318. The SMILES string of the molecule is C[C@H]1CO[C@@H]2Cn3cc(Br)c(=O)c(OCc4ccccc4)c3C(=O)N12.C[C@H]1CO[C@@H]2Cn3ccc(=O)c(OCc4ccccc4)c3C(=O)N12. The van der Waals surface area contributed by atoms with Crippen molar-refractivity contribution >= 4 is 27.7 Å². The first kappa shape index (κ1) is 32.8. The van der Waals surface area contributed by atoms with Gasteiger partial charge in [-0.05, 0) is 40.9 Å². The summed E-state index contributed by atoms with van der Waals surface area (Å²) in [4.78, 5) is 54.2. The number of aromatic nitrogens is 2. The number of rotatable bonds is 6. The van der Waals surface area contributed by atoms with Crippen molar-refractivity contribution in [1.29, 1.82) is 0 Å². The minimum Gasteiger partial charge on any atom is -0.483 e. The van der Waals surface area contributed by atoms with Gasteiger partial charge in [-0.1, -0.05) is 60.7 Å². The molecule has 0 bridgehead atoms. The maximum absolute atomic E-state index is 13.0. The number of ether oxygens (including phenoxy) is 4. The lowest BCUT2D eigenvalue weighted by Crippen LogP contribution is -2.48. The first-order valence-electron chi connectivity index (χ1n) is 16.1. The molecular formula is C36H35BrN4O8. The highest BCUT2D eigenvalue weighted by atomic mass is 79.9. The lowest BCUT2D eigenvalue weighted by atomic mass is 10.1. The van der Waals surface area contributed by atoms with Gasteiger partial charge in [0, 0.05) is 18.5 Å². The lowest BCUT2D eigenvalue weighted by Gasteiger charge is -2.34. The summed E-state index contributed by atoms with van der Waals surface area (Å²) in [6.45, 7) is 6.34. The third-order valence-electron chi connectivity index (χ3n) is 8.99. The molecule has 2 amide bonds. The largest absolute Gasteiger partial charge is 0.483 e. The molecule has 49 heavy (non-hydrogen) atoms. The Bertz CT molecular complexity index is 2000. The van der Waals surface area contributed by atoms with Gasteiger partial charge in [0.2, 0.25) is 10.9 Å². The normalized spacial score (nSPS) is 22.0. The van der Waals surface area contributed by atoms with Crippen LogP contribution in [0.15, 0.2) is 93.2 Å². The second-order valence-electron chi connectivity index (χ2n) is 12.4. The van der Waals surface area contributed by atoms with Gasteiger partial charge >= 0.3 is 0 Å². The number of benzene rings is 2. The van der Waals surface area contributed by atoms with E-state index < -0.39 is 0 Å². The van der Waals surface area contributed by atoms with Crippen LogP contribution in [-0.2, 0) is 35.8 Å². The Morgan fingerprint density at radius 1 is 0.694 bits per heavy atom. The molecule has 4 aliphatic rings. The van der Waals surface area contributed by atoms with Gasteiger partial charge in [0.1, 0.15) is 13.2 Å². The van der Waals surface area contributed by atoms with Crippen LogP contribution in [0, 0.1) is 0 Å². The van der Waals surface area contributed by atoms with Gasteiger partial charge in [-0.15, -0.1) is 0 Å². The van der Waals surface area contributed by atoms with Crippen molar-refractivity contribution in [2.45, 2.75) is 64.7 Å². The zero-order valence-electron chi connectivity index (χ0n) is 27.0. The summed E-state index contributed by atoms with van der Waals surface area (Å²) < 4.78 is 26.8. The molecule has 4 aromatic rings. The molecule has 4 atom stereocenters. The monoisotopic (exact) mass is 730 g/mol. The van der Waals surface area contributed by atoms with E-state index in [0.717, 1.165) is 11.1 Å². The maximum atomic E-state index is 13.0. The fraction of sp³-hybridized carbons (Fsp3) is 0.333. The molecule has 2 aromatic carbocycles. The number of amides is 2. The fourth-order valence-corrected chi connectivity index (χ4v) is 6.97. The van der Waals surface area contributed by atoms with Crippen molar-refractivity contribution in [3.05, 3.63) is 127 Å². The number of pyridine rings is 2.